The normalized spacial score (nSPS) is 13.8. The van der Waals surface area contributed by atoms with Crippen molar-refractivity contribution in [3.63, 3.8) is 0 Å². The number of hydrogen-bond acceptors (Lipinski definition) is 3. The molecule has 0 saturated heterocycles. The summed E-state index contributed by atoms with van der Waals surface area (Å²) in [5.74, 6) is 0. The smallest absolute Gasteiger partial charge is 0.424 e. The second kappa shape index (κ2) is 7.36. The molecule has 0 saturated carbocycles. The van der Waals surface area contributed by atoms with E-state index in [4.69, 9.17) is 4.74 Å². The number of hydrazine groups is 1. The minimum atomic E-state index is -0.414. The van der Waals surface area contributed by atoms with Crippen molar-refractivity contribution in [2.24, 2.45) is 0 Å². The van der Waals surface area contributed by atoms with Gasteiger partial charge in [-0.05, 0) is 44.5 Å². The molecule has 4 nitrogen and oxygen atoms in total. The number of ether oxygens (including phenoxy) is 1. The lowest BCUT2D eigenvalue weighted by molar-refractivity contribution is 0.0798. The van der Waals surface area contributed by atoms with E-state index < -0.39 is 6.09 Å². The largest absolute Gasteiger partial charge is 0.452 e. The highest BCUT2D eigenvalue weighted by molar-refractivity contribution is 5.82. The summed E-state index contributed by atoms with van der Waals surface area (Å²) in [6.07, 6.45) is -0.414. The van der Waals surface area contributed by atoms with Crippen LogP contribution < -0.4 is 5.43 Å². The quantitative estimate of drug-likeness (QED) is 0.409. The number of methoxy groups -OCH3 is 1. The van der Waals surface area contributed by atoms with Crippen LogP contribution in [0.1, 0.15) is 34.3 Å². The standard InChI is InChI=1S/C28H22N2O2/c1-32-28(31)30(27-24-16-8-4-12-20(24)21-13-5-9-17-25(21)27)29-26-22-14-6-2-10-18(22)19-11-3-7-15-23(19)26/h2-17,26-27,29H,1H3. The van der Waals surface area contributed by atoms with Gasteiger partial charge in [0.15, 0.2) is 0 Å². The maximum atomic E-state index is 13.2. The van der Waals surface area contributed by atoms with Crippen molar-refractivity contribution in [3.8, 4) is 22.3 Å². The first kappa shape index (κ1) is 18.8. The Balaban J connectivity index is 1.49. The second-order valence-electron chi connectivity index (χ2n) is 8.15. The molecule has 1 amide bonds. The van der Waals surface area contributed by atoms with Gasteiger partial charge < -0.3 is 4.74 Å². The Morgan fingerprint density at radius 1 is 0.656 bits per heavy atom. The summed E-state index contributed by atoms with van der Waals surface area (Å²) in [6.45, 7) is 0. The molecule has 2 aliphatic rings. The Kier molecular flexibility index (Phi) is 4.33. The first-order valence-electron chi connectivity index (χ1n) is 10.8. The number of amides is 1. The highest BCUT2D eigenvalue weighted by Crippen LogP contribution is 2.48. The predicted octanol–water partition coefficient (Wildman–Crippen LogP) is 6.10. The van der Waals surface area contributed by atoms with E-state index in [1.165, 1.54) is 18.2 Å². The van der Waals surface area contributed by atoms with E-state index >= 15 is 0 Å². The van der Waals surface area contributed by atoms with Gasteiger partial charge in [0.2, 0.25) is 0 Å². The molecule has 0 radical (unpaired) electrons. The van der Waals surface area contributed by atoms with Crippen molar-refractivity contribution in [3.05, 3.63) is 119 Å². The van der Waals surface area contributed by atoms with Crippen molar-refractivity contribution >= 4 is 6.09 Å². The molecule has 4 aromatic rings. The lowest BCUT2D eigenvalue weighted by Crippen LogP contribution is -2.46. The van der Waals surface area contributed by atoms with E-state index in [-0.39, 0.29) is 12.1 Å². The highest BCUT2D eigenvalue weighted by Gasteiger charge is 2.39. The van der Waals surface area contributed by atoms with Gasteiger partial charge in [-0.1, -0.05) is 97.1 Å². The van der Waals surface area contributed by atoms with Gasteiger partial charge in [0.25, 0.3) is 0 Å². The van der Waals surface area contributed by atoms with E-state index in [0.717, 1.165) is 33.4 Å². The maximum absolute atomic E-state index is 13.2. The molecule has 0 bridgehead atoms. The fourth-order valence-corrected chi connectivity index (χ4v) is 5.17. The number of nitrogens with zero attached hydrogens (tertiary/aromatic N) is 1. The lowest BCUT2D eigenvalue weighted by atomic mass is 10.0. The summed E-state index contributed by atoms with van der Waals surface area (Å²) in [5, 5.41) is 1.66. The highest BCUT2D eigenvalue weighted by atomic mass is 16.5. The molecule has 0 heterocycles. The number of carbonyl (C=O) groups excluding carboxylic acids is 1. The first-order chi connectivity index (χ1) is 15.8. The van der Waals surface area contributed by atoms with Crippen molar-refractivity contribution < 1.29 is 9.53 Å². The Morgan fingerprint density at radius 3 is 1.47 bits per heavy atom. The summed E-state index contributed by atoms with van der Waals surface area (Å²) >= 11 is 0. The molecule has 4 heteroatoms. The van der Waals surface area contributed by atoms with Crippen LogP contribution in [0.4, 0.5) is 4.79 Å². The Hall–Kier alpha value is -3.89. The van der Waals surface area contributed by atoms with Gasteiger partial charge in [0.1, 0.15) is 6.04 Å². The number of fused-ring (bicyclic) bond motifs is 6. The van der Waals surface area contributed by atoms with Crippen LogP contribution in [0, 0.1) is 0 Å². The zero-order chi connectivity index (χ0) is 21.7. The molecule has 4 aromatic carbocycles. The molecule has 32 heavy (non-hydrogen) atoms. The number of hydrogen-bond donors (Lipinski definition) is 1. The average molecular weight is 418 g/mol. The van der Waals surface area contributed by atoms with Crippen molar-refractivity contribution in [2.45, 2.75) is 12.1 Å². The monoisotopic (exact) mass is 418 g/mol. The van der Waals surface area contributed by atoms with E-state index in [2.05, 4.69) is 66.1 Å². The summed E-state index contributed by atoms with van der Waals surface area (Å²) in [5.41, 5.74) is 12.7. The molecule has 0 aliphatic heterocycles. The van der Waals surface area contributed by atoms with Gasteiger partial charge in [-0.25, -0.2) is 15.2 Å². The molecule has 0 unspecified atom stereocenters. The lowest BCUT2D eigenvalue weighted by Gasteiger charge is -2.33. The van der Waals surface area contributed by atoms with Gasteiger partial charge >= 0.3 is 6.09 Å². The fourth-order valence-electron chi connectivity index (χ4n) is 5.17. The van der Waals surface area contributed by atoms with Gasteiger partial charge in [-0.3, -0.25) is 0 Å². The Bertz CT molecular complexity index is 1260. The Morgan fingerprint density at radius 2 is 1.03 bits per heavy atom. The zero-order valence-electron chi connectivity index (χ0n) is 17.7. The first-order valence-corrected chi connectivity index (χ1v) is 10.8. The van der Waals surface area contributed by atoms with Crippen LogP contribution >= 0.6 is 0 Å². The number of rotatable bonds is 3. The molecule has 0 fully saturated rings. The maximum Gasteiger partial charge on any atom is 0.424 e. The fraction of sp³-hybridized carbons (Fsp3) is 0.107. The number of nitrogens with one attached hydrogen (secondary N) is 1. The topological polar surface area (TPSA) is 41.6 Å². The second-order valence-corrected chi connectivity index (χ2v) is 8.15. The third kappa shape index (κ3) is 2.70. The van der Waals surface area contributed by atoms with Gasteiger partial charge in [0, 0.05) is 0 Å². The summed E-state index contributed by atoms with van der Waals surface area (Å²) in [6, 6.07) is 32.8. The van der Waals surface area contributed by atoms with Gasteiger partial charge in [-0.2, -0.15) is 0 Å². The van der Waals surface area contributed by atoms with Crippen LogP contribution in [0.3, 0.4) is 0 Å². The van der Waals surface area contributed by atoms with Crippen LogP contribution in [-0.2, 0) is 4.74 Å². The van der Waals surface area contributed by atoms with Gasteiger partial charge in [0.05, 0.1) is 13.2 Å². The van der Waals surface area contributed by atoms with E-state index in [1.807, 2.05) is 36.4 Å². The molecule has 156 valence electrons. The molecule has 1 N–H and O–H groups in total. The molecular weight excluding hydrogens is 396 g/mol. The number of carbonyl (C=O) groups is 1. The third-order valence-electron chi connectivity index (χ3n) is 6.53. The van der Waals surface area contributed by atoms with Crippen LogP contribution in [0.5, 0.6) is 0 Å². The minimum Gasteiger partial charge on any atom is -0.452 e. The third-order valence-corrected chi connectivity index (χ3v) is 6.53. The summed E-state index contributed by atoms with van der Waals surface area (Å²) in [4.78, 5) is 13.2. The van der Waals surface area contributed by atoms with Crippen LogP contribution in [0.25, 0.3) is 22.3 Å². The molecule has 0 aromatic heterocycles. The average Bonchev–Trinajstić information content (AvgIpc) is 3.35. The molecule has 6 rings (SSSR count). The minimum absolute atomic E-state index is 0.151. The van der Waals surface area contributed by atoms with Crippen LogP contribution in [0.2, 0.25) is 0 Å². The summed E-state index contributed by atoms with van der Waals surface area (Å²) < 4.78 is 5.27. The van der Waals surface area contributed by atoms with Crippen molar-refractivity contribution in [1.29, 1.82) is 0 Å². The predicted molar refractivity (Wildman–Crippen MR) is 125 cm³/mol. The molecule has 0 atom stereocenters. The SMILES string of the molecule is COC(=O)N(NC1c2ccccc2-c2ccccc21)C1c2ccccc2-c2ccccc21. The van der Waals surface area contributed by atoms with Crippen molar-refractivity contribution in [1.82, 2.24) is 10.4 Å². The molecule has 0 spiro atoms. The molecular formula is C28H22N2O2. The van der Waals surface area contributed by atoms with Crippen LogP contribution in [0.15, 0.2) is 97.1 Å². The van der Waals surface area contributed by atoms with Gasteiger partial charge in [-0.15, -0.1) is 0 Å². The van der Waals surface area contributed by atoms with Crippen LogP contribution in [-0.4, -0.2) is 18.2 Å². The van der Waals surface area contributed by atoms with E-state index in [0.29, 0.717) is 0 Å². The summed E-state index contributed by atoms with van der Waals surface area (Å²) in [7, 11) is 1.43. The van der Waals surface area contributed by atoms with Crippen molar-refractivity contribution in [2.75, 3.05) is 7.11 Å². The Labute approximate surface area is 187 Å². The van der Waals surface area contributed by atoms with E-state index in [9.17, 15) is 4.79 Å². The number of benzene rings is 4. The van der Waals surface area contributed by atoms with E-state index in [1.54, 1.807) is 5.01 Å². The molecule has 2 aliphatic carbocycles. The zero-order valence-corrected chi connectivity index (χ0v) is 17.7.